The van der Waals surface area contributed by atoms with Crippen LogP contribution in [0.15, 0.2) is 42.5 Å². The summed E-state index contributed by atoms with van der Waals surface area (Å²) in [5.41, 5.74) is 10.2. The van der Waals surface area contributed by atoms with E-state index in [9.17, 15) is 4.79 Å². The first-order valence-electron chi connectivity index (χ1n) is 8.12. The van der Waals surface area contributed by atoms with E-state index < -0.39 is 6.04 Å². The molecule has 1 atom stereocenters. The van der Waals surface area contributed by atoms with E-state index in [0.29, 0.717) is 28.7 Å². The minimum absolute atomic E-state index is 0. The Kier molecular flexibility index (Phi) is 5.49. The highest BCUT2D eigenvalue weighted by atomic mass is 35.5. The Morgan fingerprint density at radius 1 is 1.19 bits per heavy atom. The molecule has 2 heterocycles. The molecule has 7 heteroatoms. The van der Waals surface area contributed by atoms with Gasteiger partial charge in [0.05, 0.1) is 6.54 Å². The van der Waals surface area contributed by atoms with Crippen LogP contribution in [0.1, 0.15) is 22.9 Å². The minimum atomic E-state index is -0.755. The second kappa shape index (κ2) is 7.49. The van der Waals surface area contributed by atoms with Gasteiger partial charge in [0.15, 0.2) is 0 Å². The van der Waals surface area contributed by atoms with Crippen LogP contribution in [0.5, 0.6) is 0 Å². The molecule has 1 aliphatic heterocycles. The molecule has 4 rings (SSSR count). The molecule has 3 aromatic rings. The highest BCUT2D eigenvalue weighted by Crippen LogP contribution is 2.31. The minimum Gasteiger partial charge on any atom is -1.00 e. The van der Waals surface area contributed by atoms with Crippen molar-refractivity contribution in [2.75, 3.05) is 6.54 Å². The maximum atomic E-state index is 12.8. The Morgan fingerprint density at radius 3 is 2.73 bits per heavy atom. The number of carbonyl (C=O) groups is 1. The topological polar surface area (TPSA) is 62.1 Å². The number of hydrogen-bond donors (Lipinski definition) is 2. The number of carbonyl (C=O) groups excluding carboxylic acids is 1. The van der Waals surface area contributed by atoms with E-state index in [1.807, 2.05) is 30.3 Å². The molecular formula is C19H17Cl3N3O-. The molecule has 2 aromatic carbocycles. The quantitative estimate of drug-likeness (QED) is 0.665. The largest absolute Gasteiger partial charge is 1.00 e. The number of hydrogen-bond acceptors (Lipinski definition) is 2. The van der Waals surface area contributed by atoms with Gasteiger partial charge in [-0.25, -0.2) is 0 Å². The molecule has 4 nitrogen and oxygen atoms in total. The van der Waals surface area contributed by atoms with E-state index in [4.69, 9.17) is 28.9 Å². The van der Waals surface area contributed by atoms with Gasteiger partial charge in [-0.1, -0.05) is 41.4 Å². The van der Waals surface area contributed by atoms with Crippen LogP contribution in [-0.2, 0) is 17.8 Å². The summed E-state index contributed by atoms with van der Waals surface area (Å²) in [7, 11) is 0. The Labute approximate surface area is 167 Å². The molecule has 0 fully saturated rings. The number of rotatable bonds is 2. The predicted molar refractivity (Wildman–Crippen MR) is 101 cm³/mol. The molecule has 0 saturated carbocycles. The van der Waals surface area contributed by atoms with Crippen LogP contribution in [0.2, 0.25) is 10.0 Å². The van der Waals surface area contributed by atoms with Crippen molar-refractivity contribution >= 4 is 40.0 Å². The molecule has 1 unspecified atom stereocenters. The van der Waals surface area contributed by atoms with E-state index in [1.54, 1.807) is 17.0 Å². The first-order chi connectivity index (χ1) is 12.0. The molecular weight excluding hydrogens is 393 g/mol. The van der Waals surface area contributed by atoms with Gasteiger partial charge in [0, 0.05) is 33.2 Å². The Balaban J connectivity index is 0.00000196. The lowest BCUT2D eigenvalue weighted by molar-refractivity contribution is -0.133. The number of fused-ring (bicyclic) bond motifs is 3. The number of nitrogens with zero attached hydrogens (tertiary/aromatic N) is 1. The van der Waals surface area contributed by atoms with Gasteiger partial charge >= 0.3 is 0 Å². The third-order valence-electron chi connectivity index (χ3n) is 4.76. The summed E-state index contributed by atoms with van der Waals surface area (Å²) < 4.78 is 0. The van der Waals surface area contributed by atoms with Crippen LogP contribution < -0.4 is 18.1 Å². The Bertz CT molecular complexity index is 970. The van der Waals surface area contributed by atoms with Crippen molar-refractivity contribution in [3.63, 3.8) is 0 Å². The van der Waals surface area contributed by atoms with Crippen molar-refractivity contribution in [2.45, 2.75) is 19.0 Å². The fourth-order valence-electron chi connectivity index (χ4n) is 3.46. The highest BCUT2D eigenvalue weighted by molar-refractivity contribution is 6.31. The maximum absolute atomic E-state index is 12.8. The summed E-state index contributed by atoms with van der Waals surface area (Å²) in [6.07, 6.45) is 0.774. The van der Waals surface area contributed by atoms with Crippen molar-refractivity contribution < 1.29 is 17.2 Å². The van der Waals surface area contributed by atoms with E-state index in [2.05, 4.69) is 4.98 Å². The van der Waals surface area contributed by atoms with Crippen molar-refractivity contribution in [2.24, 2.45) is 5.73 Å². The van der Waals surface area contributed by atoms with Crippen LogP contribution in [0.25, 0.3) is 10.9 Å². The lowest BCUT2D eigenvalue weighted by Gasteiger charge is -2.29. The third-order valence-corrected chi connectivity index (χ3v) is 5.33. The smallest absolute Gasteiger partial charge is 0.244 e. The highest BCUT2D eigenvalue weighted by Gasteiger charge is 2.28. The molecule has 0 saturated heterocycles. The average Bonchev–Trinajstić information content (AvgIpc) is 2.98. The number of nitrogens with one attached hydrogen (secondary N) is 1. The zero-order valence-electron chi connectivity index (χ0n) is 13.8. The van der Waals surface area contributed by atoms with Gasteiger partial charge in [0.1, 0.15) is 6.04 Å². The Hall–Kier alpha value is -1.72. The molecule has 1 amide bonds. The monoisotopic (exact) mass is 408 g/mol. The van der Waals surface area contributed by atoms with Crippen LogP contribution in [0, 0.1) is 0 Å². The molecule has 0 radical (unpaired) electrons. The Morgan fingerprint density at radius 2 is 1.96 bits per heavy atom. The van der Waals surface area contributed by atoms with Crippen LogP contribution in [-0.4, -0.2) is 22.3 Å². The fraction of sp³-hybridized carbons (Fsp3) is 0.211. The first kappa shape index (κ1) is 19.1. The lowest BCUT2D eigenvalue weighted by Crippen LogP contribution is -3.00. The zero-order valence-corrected chi connectivity index (χ0v) is 16.1. The molecule has 3 N–H and O–H groups in total. The first-order valence-corrected chi connectivity index (χ1v) is 8.88. The second-order valence-corrected chi connectivity index (χ2v) is 7.12. The molecule has 136 valence electrons. The summed E-state index contributed by atoms with van der Waals surface area (Å²) >= 11 is 12.3. The summed E-state index contributed by atoms with van der Waals surface area (Å²) in [6.45, 7) is 1.14. The van der Waals surface area contributed by atoms with Gasteiger partial charge in [-0.15, -0.1) is 0 Å². The molecule has 0 spiro atoms. The lowest BCUT2D eigenvalue weighted by atomic mass is 10.0. The van der Waals surface area contributed by atoms with Crippen LogP contribution in [0.3, 0.4) is 0 Å². The van der Waals surface area contributed by atoms with Crippen LogP contribution >= 0.6 is 23.2 Å². The number of halogens is 3. The average molecular weight is 410 g/mol. The van der Waals surface area contributed by atoms with E-state index in [0.717, 1.165) is 23.0 Å². The van der Waals surface area contributed by atoms with E-state index in [1.165, 1.54) is 5.56 Å². The zero-order chi connectivity index (χ0) is 17.6. The number of aromatic nitrogens is 1. The summed E-state index contributed by atoms with van der Waals surface area (Å²) in [6, 6.07) is 12.3. The van der Waals surface area contributed by atoms with Crippen molar-refractivity contribution in [3.05, 3.63) is 69.3 Å². The summed E-state index contributed by atoms with van der Waals surface area (Å²) in [5.74, 6) is -0.115. The second-order valence-electron chi connectivity index (χ2n) is 6.28. The summed E-state index contributed by atoms with van der Waals surface area (Å²) in [4.78, 5) is 18.0. The normalized spacial score (nSPS) is 14.7. The number of aromatic amines is 1. The van der Waals surface area contributed by atoms with Gasteiger partial charge in [-0.05, 0) is 41.8 Å². The van der Waals surface area contributed by atoms with E-state index in [-0.39, 0.29) is 18.3 Å². The molecule has 0 aliphatic carbocycles. The van der Waals surface area contributed by atoms with Gasteiger partial charge in [-0.2, -0.15) is 0 Å². The van der Waals surface area contributed by atoms with Gasteiger partial charge in [0.2, 0.25) is 5.91 Å². The van der Waals surface area contributed by atoms with Gasteiger partial charge in [-0.3, -0.25) is 4.79 Å². The number of amides is 1. The predicted octanol–water partition coefficient (Wildman–Crippen LogP) is 1.06. The number of benzene rings is 2. The van der Waals surface area contributed by atoms with Crippen molar-refractivity contribution in [1.29, 1.82) is 0 Å². The maximum Gasteiger partial charge on any atom is 0.244 e. The van der Waals surface area contributed by atoms with Crippen molar-refractivity contribution in [1.82, 2.24) is 9.88 Å². The van der Waals surface area contributed by atoms with Gasteiger partial charge < -0.3 is 28.0 Å². The molecule has 1 aromatic heterocycles. The SMILES string of the molecule is NC(C(=O)N1CCc2c([nH]c3ccc(Cl)cc23)C1)c1ccccc1Cl.[Cl-]. The summed E-state index contributed by atoms with van der Waals surface area (Å²) in [5, 5.41) is 2.36. The van der Waals surface area contributed by atoms with Gasteiger partial charge in [0.25, 0.3) is 0 Å². The van der Waals surface area contributed by atoms with Crippen LogP contribution in [0.4, 0.5) is 0 Å². The fourth-order valence-corrected chi connectivity index (χ4v) is 3.88. The number of nitrogens with two attached hydrogens (primary N) is 1. The standard InChI is InChI=1S/C19H17Cl2N3O.ClH/c20-11-5-6-16-14(9-11)12-7-8-24(10-17(12)23-16)19(25)18(22)13-3-1-2-4-15(13)21;/h1-6,9,18,23H,7-8,10,22H2;1H/p-1. The van der Waals surface area contributed by atoms with E-state index >= 15 is 0 Å². The molecule has 1 aliphatic rings. The molecule has 0 bridgehead atoms. The van der Waals surface area contributed by atoms with Crippen molar-refractivity contribution in [3.8, 4) is 0 Å². The molecule has 26 heavy (non-hydrogen) atoms. The third kappa shape index (κ3) is 3.30. The number of H-pyrrole nitrogens is 1.